The molecule has 2 amide bonds. The molecule has 0 spiro atoms. The minimum absolute atomic E-state index is 0. The van der Waals surface area contributed by atoms with E-state index in [1.54, 1.807) is 12.1 Å². The van der Waals surface area contributed by atoms with E-state index >= 15 is 0 Å². The second-order valence-corrected chi connectivity index (χ2v) is 11.1. The number of hydrogen-bond acceptors (Lipinski definition) is 3. The third-order valence-electron chi connectivity index (χ3n) is 7.30. The van der Waals surface area contributed by atoms with Gasteiger partial charge in [0.2, 0.25) is 11.8 Å². The van der Waals surface area contributed by atoms with Crippen LogP contribution in [-0.4, -0.2) is 16.8 Å². The van der Waals surface area contributed by atoms with Gasteiger partial charge in [-0.25, -0.2) is 4.98 Å². The maximum Gasteiger partial charge on any atom is 0.225 e. The molecular weight excluding hydrogens is 506 g/mol. The van der Waals surface area contributed by atoms with Crippen molar-refractivity contribution in [1.29, 1.82) is 0 Å². The molecule has 226 valence electrons. The van der Waals surface area contributed by atoms with Gasteiger partial charge >= 0.3 is 0 Å². The van der Waals surface area contributed by atoms with Crippen LogP contribution in [0.1, 0.15) is 168 Å². The molecule has 0 aromatic carbocycles. The number of aromatic nitrogens is 1. The van der Waals surface area contributed by atoms with Crippen LogP contribution in [0.4, 0.5) is 11.6 Å². The average Bonchev–Trinajstić information content (AvgIpc) is 2.90. The second-order valence-electron chi connectivity index (χ2n) is 11.1. The standard InChI is InChI=1S/C33H59N3O2.ClH/c1-3-5-7-9-11-13-15-17-19-21-23-28-32(37)35-30-26-25-27-31(34-30)36-33(38)29-24-22-20-18-16-14-12-10-8-6-4-2;/h25-27H,3-24,28-29H2,1-2H3,(H2,34,35,36,37,38);1H. The lowest BCUT2D eigenvalue weighted by atomic mass is 10.1. The van der Waals surface area contributed by atoms with Crippen LogP contribution in [0.2, 0.25) is 0 Å². The Morgan fingerprint density at radius 1 is 0.513 bits per heavy atom. The van der Waals surface area contributed by atoms with Gasteiger partial charge in [-0.3, -0.25) is 9.59 Å². The SMILES string of the molecule is CCCCCCCCCCCCCC(=O)Nc1cccc(NC(=O)CCCCCCCCCCCCC)n1.Cl. The Balaban J connectivity index is 0.0000144. The summed E-state index contributed by atoms with van der Waals surface area (Å²) in [5.41, 5.74) is 0. The molecule has 1 rings (SSSR count). The third-order valence-corrected chi connectivity index (χ3v) is 7.30. The van der Waals surface area contributed by atoms with Gasteiger partial charge < -0.3 is 10.6 Å². The topological polar surface area (TPSA) is 71.1 Å². The summed E-state index contributed by atoms with van der Waals surface area (Å²) in [6.07, 6.45) is 29.0. The number of hydrogen-bond donors (Lipinski definition) is 2. The molecule has 0 saturated heterocycles. The molecule has 0 fully saturated rings. The zero-order valence-corrected chi connectivity index (χ0v) is 26.2. The van der Waals surface area contributed by atoms with Gasteiger partial charge in [-0.2, -0.15) is 0 Å². The Labute approximate surface area is 246 Å². The summed E-state index contributed by atoms with van der Waals surface area (Å²) in [6, 6.07) is 5.37. The van der Waals surface area contributed by atoms with Crippen LogP contribution in [0.25, 0.3) is 0 Å². The number of anilines is 2. The monoisotopic (exact) mass is 565 g/mol. The van der Waals surface area contributed by atoms with Crippen LogP contribution in [0.15, 0.2) is 18.2 Å². The molecule has 0 atom stereocenters. The third kappa shape index (κ3) is 23.9. The van der Waals surface area contributed by atoms with Crippen molar-refractivity contribution in [2.24, 2.45) is 0 Å². The predicted molar refractivity (Wildman–Crippen MR) is 171 cm³/mol. The molecular formula is C33H60ClN3O2. The number of halogens is 1. The first kappa shape index (κ1) is 37.4. The fourth-order valence-electron chi connectivity index (χ4n) is 4.88. The van der Waals surface area contributed by atoms with E-state index in [1.165, 1.54) is 116 Å². The van der Waals surface area contributed by atoms with Crippen molar-refractivity contribution in [2.45, 2.75) is 168 Å². The number of carbonyl (C=O) groups is 2. The van der Waals surface area contributed by atoms with Gasteiger partial charge in [0, 0.05) is 12.8 Å². The minimum Gasteiger partial charge on any atom is -0.311 e. The van der Waals surface area contributed by atoms with E-state index in [0.29, 0.717) is 24.5 Å². The molecule has 1 aromatic rings. The fourth-order valence-corrected chi connectivity index (χ4v) is 4.88. The van der Waals surface area contributed by atoms with Crippen molar-refractivity contribution >= 4 is 35.9 Å². The average molecular weight is 566 g/mol. The van der Waals surface area contributed by atoms with Crippen molar-refractivity contribution in [3.8, 4) is 0 Å². The molecule has 1 heterocycles. The zero-order chi connectivity index (χ0) is 27.5. The van der Waals surface area contributed by atoms with E-state index in [1.807, 2.05) is 6.07 Å². The van der Waals surface area contributed by atoms with E-state index < -0.39 is 0 Å². The number of nitrogens with one attached hydrogen (secondary N) is 2. The Hall–Kier alpha value is -1.62. The largest absolute Gasteiger partial charge is 0.311 e. The molecule has 0 aliphatic heterocycles. The number of unbranched alkanes of at least 4 members (excludes halogenated alkanes) is 20. The van der Waals surface area contributed by atoms with Gasteiger partial charge in [0.25, 0.3) is 0 Å². The highest BCUT2D eigenvalue weighted by atomic mass is 35.5. The van der Waals surface area contributed by atoms with Gasteiger partial charge in [-0.15, -0.1) is 12.4 Å². The Morgan fingerprint density at radius 3 is 1.10 bits per heavy atom. The van der Waals surface area contributed by atoms with Gasteiger partial charge in [0.15, 0.2) is 0 Å². The van der Waals surface area contributed by atoms with E-state index in [9.17, 15) is 9.59 Å². The normalized spacial score (nSPS) is 10.7. The Morgan fingerprint density at radius 2 is 0.795 bits per heavy atom. The molecule has 0 radical (unpaired) electrons. The first-order chi connectivity index (χ1) is 18.7. The number of carbonyl (C=O) groups excluding carboxylic acids is 2. The van der Waals surface area contributed by atoms with Crippen molar-refractivity contribution in [3.63, 3.8) is 0 Å². The molecule has 1 aromatic heterocycles. The summed E-state index contributed by atoms with van der Waals surface area (Å²) in [5, 5.41) is 5.76. The van der Waals surface area contributed by atoms with Gasteiger partial charge in [0.05, 0.1) is 0 Å². The Kier molecular flexibility index (Phi) is 26.8. The smallest absolute Gasteiger partial charge is 0.225 e. The summed E-state index contributed by atoms with van der Waals surface area (Å²) >= 11 is 0. The molecule has 0 aliphatic rings. The highest BCUT2D eigenvalue weighted by Crippen LogP contribution is 2.15. The second kappa shape index (κ2) is 27.9. The molecule has 2 N–H and O–H groups in total. The minimum atomic E-state index is -0.00198. The molecule has 6 heteroatoms. The van der Waals surface area contributed by atoms with Crippen LogP contribution in [-0.2, 0) is 9.59 Å². The lowest BCUT2D eigenvalue weighted by Gasteiger charge is -2.08. The Bertz CT molecular complexity index is 659. The molecule has 0 saturated carbocycles. The van der Waals surface area contributed by atoms with Gasteiger partial charge in [0.1, 0.15) is 11.6 Å². The van der Waals surface area contributed by atoms with E-state index in [0.717, 1.165) is 25.7 Å². The van der Waals surface area contributed by atoms with Crippen LogP contribution in [0.5, 0.6) is 0 Å². The lowest BCUT2D eigenvalue weighted by molar-refractivity contribution is -0.117. The lowest BCUT2D eigenvalue weighted by Crippen LogP contribution is -2.15. The van der Waals surface area contributed by atoms with Gasteiger partial charge in [-0.1, -0.05) is 148 Å². The summed E-state index contributed by atoms with van der Waals surface area (Å²) in [4.78, 5) is 29.0. The zero-order valence-electron chi connectivity index (χ0n) is 25.4. The molecule has 0 unspecified atom stereocenters. The van der Waals surface area contributed by atoms with E-state index in [4.69, 9.17) is 0 Å². The van der Waals surface area contributed by atoms with E-state index in [2.05, 4.69) is 29.5 Å². The first-order valence-electron chi connectivity index (χ1n) is 16.2. The number of nitrogens with zero attached hydrogens (tertiary/aromatic N) is 1. The molecule has 0 aliphatic carbocycles. The van der Waals surface area contributed by atoms with Crippen molar-refractivity contribution < 1.29 is 9.59 Å². The maximum atomic E-state index is 12.3. The number of rotatable bonds is 26. The predicted octanol–water partition coefficient (Wildman–Crippen LogP) is 10.8. The highest BCUT2D eigenvalue weighted by molar-refractivity contribution is 5.91. The van der Waals surface area contributed by atoms with E-state index in [-0.39, 0.29) is 24.2 Å². The van der Waals surface area contributed by atoms with Crippen LogP contribution in [0, 0.1) is 0 Å². The fraction of sp³-hybridized carbons (Fsp3) is 0.788. The molecule has 0 bridgehead atoms. The maximum absolute atomic E-state index is 12.3. The van der Waals surface area contributed by atoms with Crippen molar-refractivity contribution in [1.82, 2.24) is 4.98 Å². The highest BCUT2D eigenvalue weighted by Gasteiger charge is 2.07. The van der Waals surface area contributed by atoms with Crippen LogP contribution in [0.3, 0.4) is 0 Å². The summed E-state index contributed by atoms with van der Waals surface area (Å²) in [6.45, 7) is 4.52. The summed E-state index contributed by atoms with van der Waals surface area (Å²) in [5.74, 6) is 1.01. The van der Waals surface area contributed by atoms with Crippen molar-refractivity contribution in [2.75, 3.05) is 10.6 Å². The van der Waals surface area contributed by atoms with Crippen LogP contribution < -0.4 is 10.6 Å². The number of amides is 2. The van der Waals surface area contributed by atoms with Crippen molar-refractivity contribution in [3.05, 3.63) is 18.2 Å². The summed E-state index contributed by atoms with van der Waals surface area (Å²) in [7, 11) is 0. The van der Waals surface area contributed by atoms with Gasteiger partial charge in [-0.05, 0) is 25.0 Å². The summed E-state index contributed by atoms with van der Waals surface area (Å²) < 4.78 is 0. The molecule has 39 heavy (non-hydrogen) atoms. The quantitative estimate of drug-likeness (QED) is 0.110. The number of pyridine rings is 1. The molecule has 5 nitrogen and oxygen atoms in total. The first-order valence-corrected chi connectivity index (χ1v) is 16.2. The van der Waals surface area contributed by atoms with Crippen LogP contribution >= 0.6 is 12.4 Å².